The van der Waals surface area contributed by atoms with Crippen molar-refractivity contribution < 1.29 is 4.39 Å². The lowest BCUT2D eigenvalue weighted by Crippen LogP contribution is -2.16. The van der Waals surface area contributed by atoms with E-state index in [4.69, 9.17) is 17.3 Å². The molecule has 17 heavy (non-hydrogen) atoms. The summed E-state index contributed by atoms with van der Waals surface area (Å²) in [6.45, 7) is 1.88. The number of nitrogens with zero attached hydrogens (tertiary/aromatic N) is 2. The molecule has 0 amide bonds. The Hall–Kier alpha value is -1.39. The summed E-state index contributed by atoms with van der Waals surface area (Å²) >= 11 is 6.02. The Bertz CT molecular complexity index is 551. The van der Waals surface area contributed by atoms with E-state index in [1.807, 2.05) is 13.0 Å². The van der Waals surface area contributed by atoms with Crippen LogP contribution in [0.5, 0.6) is 0 Å². The van der Waals surface area contributed by atoms with E-state index in [-0.39, 0.29) is 5.82 Å². The predicted octanol–water partition coefficient (Wildman–Crippen LogP) is 2.57. The smallest absolute Gasteiger partial charge is 0.123 e. The van der Waals surface area contributed by atoms with Gasteiger partial charge in [0.25, 0.3) is 0 Å². The fourth-order valence-electron chi connectivity index (χ4n) is 1.83. The molecule has 1 atom stereocenters. The Morgan fingerprint density at radius 2 is 2.12 bits per heavy atom. The minimum atomic E-state index is -0.482. The van der Waals surface area contributed by atoms with Crippen LogP contribution in [0.1, 0.15) is 23.0 Å². The highest BCUT2D eigenvalue weighted by molar-refractivity contribution is 6.31. The molecular weight excluding hydrogens is 241 g/mol. The maximum atomic E-state index is 13.2. The standard InChI is InChI=1S/C12H13ClFN3/c1-7-5-11(17(2)16-7)12(15)9-6-8(14)3-4-10(9)13/h3-6,12H,15H2,1-2H3. The van der Waals surface area contributed by atoms with Crippen molar-refractivity contribution in [1.82, 2.24) is 9.78 Å². The Labute approximate surface area is 104 Å². The van der Waals surface area contributed by atoms with Gasteiger partial charge in [0, 0.05) is 12.1 Å². The molecule has 0 fully saturated rings. The molecule has 0 aliphatic heterocycles. The number of hydrogen-bond acceptors (Lipinski definition) is 2. The van der Waals surface area contributed by atoms with Crippen molar-refractivity contribution in [3.05, 3.63) is 52.1 Å². The van der Waals surface area contributed by atoms with E-state index in [9.17, 15) is 4.39 Å². The fourth-order valence-corrected chi connectivity index (χ4v) is 2.07. The lowest BCUT2D eigenvalue weighted by molar-refractivity contribution is 0.619. The van der Waals surface area contributed by atoms with Crippen molar-refractivity contribution in [1.29, 1.82) is 0 Å². The molecule has 2 rings (SSSR count). The second-order valence-electron chi connectivity index (χ2n) is 3.98. The van der Waals surface area contributed by atoms with Gasteiger partial charge in [0.2, 0.25) is 0 Å². The third kappa shape index (κ3) is 2.33. The van der Waals surface area contributed by atoms with Crippen molar-refractivity contribution >= 4 is 11.6 Å². The first-order chi connectivity index (χ1) is 7.99. The highest BCUT2D eigenvalue weighted by Crippen LogP contribution is 2.27. The first-order valence-corrected chi connectivity index (χ1v) is 5.58. The van der Waals surface area contributed by atoms with Crippen LogP contribution >= 0.6 is 11.6 Å². The van der Waals surface area contributed by atoms with Crippen molar-refractivity contribution in [2.24, 2.45) is 12.8 Å². The number of hydrogen-bond donors (Lipinski definition) is 1. The topological polar surface area (TPSA) is 43.8 Å². The van der Waals surface area contributed by atoms with Gasteiger partial charge in [-0.1, -0.05) is 11.6 Å². The van der Waals surface area contributed by atoms with Gasteiger partial charge in [-0.15, -0.1) is 0 Å². The number of nitrogens with two attached hydrogens (primary N) is 1. The Morgan fingerprint density at radius 3 is 2.71 bits per heavy atom. The van der Waals surface area contributed by atoms with E-state index in [2.05, 4.69) is 5.10 Å². The normalized spacial score (nSPS) is 12.8. The SMILES string of the molecule is Cc1cc(C(N)c2cc(F)ccc2Cl)n(C)n1. The van der Waals surface area contributed by atoms with E-state index in [0.717, 1.165) is 11.4 Å². The van der Waals surface area contributed by atoms with E-state index < -0.39 is 6.04 Å². The third-order valence-electron chi connectivity index (χ3n) is 2.65. The Kier molecular flexibility index (Phi) is 3.17. The molecule has 1 aromatic carbocycles. The maximum absolute atomic E-state index is 13.2. The second-order valence-corrected chi connectivity index (χ2v) is 4.38. The van der Waals surface area contributed by atoms with Gasteiger partial charge in [-0.25, -0.2) is 4.39 Å². The summed E-state index contributed by atoms with van der Waals surface area (Å²) in [5.41, 5.74) is 8.32. The molecule has 0 aliphatic rings. The van der Waals surface area contributed by atoms with Crippen molar-refractivity contribution in [3.8, 4) is 0 Å². The van der Waals surface area contributed by atoms with Crippen molar-refractivity contribution in [3.63, 3.8) is 0 Å². The van der Waals surface area contributed by atoms with Gasteiger partial charge in [0.05, 0.1) is 17.4 Å². The molecule has 2 N–H and O–H groups in total. The molecule has 1 unspecified atom stereocenters. The van der Waals surface area contributed by atoms with E-state index >= 15 is 0 Å². The Balaban J connectivity index is 2.46. The molecule has 0 aliphatic carbocycles. The number of halogens is 2. The lowest BCUT2D eigenvalue weighted by atomic mass is 10.0. The molecule has 1 heterocycles. The van der Waals surface area contributed by atoms with Gasteiger partial charge in [0.15, 0.2) is 0 Å². The van der Waals surface area contributed by atoms with Crippen LogP contribution in [-0.2, 0) is 7.05 Å². The number of benzene rings is 1. The van der Waals surface area contributed by atoms with Gasteiger partial charge in [0.1, 0.15) is 5.82 Å². The first kappa shape index (κ1) is 12.1. The van der Waals surface area contributed by atoms with Crippen LogP contribution in [0.4, 0.5) is 4.39 Å². The molecule has 5 heteroatoms. The highest BCUT2D eigenvalue weighted by Gasteiger charge is 2.17. The molecule has 0 saturated heterocycles. The van der Waals surface area contributed by atoms with Crippen molar-refractivity contribution in [2.75, 3.05) is 0 Å². The van der Waals surface area contributed by atoms with E-state index in [0.29, 0.717) is 10.6 Å². The number of rotatable bonds is 2. The third-order valence-corrected chi connectivity index (χ3v) is 2.99. The number of aromatic nitrogens is 2. The summed E-state index contributed by atoms with van der Waals surface area (Å²) in [7, 11) is 1.80. The molecule has 0 bridgehead atoms. The largest absolute Gasteiger partial charge is 0.319 e. The van der Waals surface area contributed by atoms with Gasteiger partial charge < -0.3 is 5.73 Å². The molecular formula is C12H13ClFN3. The van der Waals surface area contributed by atoms with Crippen LogP contribution < -0.4 is 5.73 Å². The highest BCUT2D eigenvalue weighted by atomic mass is 35.5. The summed E-state index contributed by atoms with van der Waals surface area (Å²) in [5, 5.41) is 4.67. The van der Waals surface area contributed by atoms with Gasteiger partial charge in [-0.05, 0) is 36.8 Å². The predicted molar refractivity (Wildman–Crippen MR) is 65.4 cm³/mol. The average Bonchev–Trinajstić information content (AvgIpc) is 2.60. The maximum Gasteiger partial charge on any atom is 0.123 e. The molecule has 0 saturated carbocycles. The molecule has 0 spiro atoms. The van der Waals surface area contributed by atoms with Crippen molar-refractivity contribution in [2.45, 2.75) is 13.0 Å². The summed E-state index contributed by atoms with van der Waals surface area (Å²) in [6.07, 6.45) is 0. The van der Waals surface area contributed by atoms with Crippen LogP contribution in [0.15, 0.2) is 24.3 Å². The van der Waals surface area contributed by atoms with Crippen LogP contribution in [0.3, 0.4) is 0 Å². The summed E-state index contributed by atoms with van der Waals surface area (Å²) in [6, 6.07) is 5.56. The zero-order valence-corrected chi connectivity index (χ0v) is 10.4. The van der Waals surface area contributed by atoms with Crippen LogP contribution in [0.2, 0.25) is 5.02 Å². The summed E-state index contributed by atoms with van der Waals surface area (Å²) < 4.78 is 14.9. The second kappa shape index (κ2) is 4.47. The quantitative estimate of drug-likeness (QED) is 0.894. The molecule has 0 radical (unpaired) electrons. The molecule has 3 nitrogen and oxygen atoms in total. The first-order valence-electron chi connectivity index (χ1n) is 5.20. The van der Waals surface area contributed by atoms with Gasteiger partial charge >= 0.3 is 0 Å². The minimum Gasteiger partial charge on any atom is -0.319 e. The molecule has 1 aromatic heterocycles. The van der Waals surface area contributed by atoms with Gasteiger partial charge in [-0.2, -0.15) is 5.10 Å². The number of aryl methyl sites for hydroxylation is 2. The van der Waals surface area contributed by atoms with Gasteiger partial charge in [-0.3, -0.25) is 4.68 Å². The average molecular weight is 254 g/mol. The van der Waals surface area contributed by atoms with Crippen LogP contribution in [0.25, 0.3) is 0 Å². The molecule has 2 aromatic rings. The zero-order chi connectivity index (χ0) is 12.6. The van der Waals surface area contributed by atoms with E-state index in [1.165, 1.54) is 18.2 Å². The van der Waals surface area contributed by atoms with E-state index in [1.54, 1.807) is 11.7 Å². The minimum absolute atomic E-state index is 0.348. The zero-order valence-electron chi connectivity index (χ0n) is 9.61. The fraction of sp³-hybridized carbons (Fsp3) is 0.250. The molecule has 90 valence electrons. The summed E-state index contributed by atoms with van der Waals surface area (Å²) in [4.78, 5) is 0. The lowest BCUT2D eigenvalue weighted by Gasteiger charge is -2.14. The summed E-state index contributed by atoms with van der Waals surface area (Å²) in [5.74, 6) is -0.348. The Morgan fingerprint density at radius 1 is 1.41 bits per heavy atom. The van der Waals surface area contributed by atoms with Crippen LogP contribution in [0, 0.1) is 12.7 Å². The monoisotopic (exact) mass is 253 g/mol. The van der Waals surface area contributed by atoms with Crippen LogP contribution in [-0.4, -0.2) is 9.78 Å².